The highest BCUT2D eigenvalue weighted by atomic mass is 16.6. The van der Waals surface area contributed by atoms with E-state index in [1.807, 2.05) is 0 Å². The fraction of sp³-hybridized carbons (Fsp3) is 0.795. The van der Waals surface area contributed by atoms with E-state index in [0.29, 0.717) is 12.8 Å². The molecule has 0 heterocycles. The number of hydrogen-bond acceptors (Lipinski definition) is 5. The Morgan fingerprint density at radius 1 is 0.523 bits per heavy atom. The standard InChI is InChI=1S/C39H70O5/c1-3-5-7-9-11-13-15-16-17-18-19-20-21-22-24-25-27-29-31-33-38(41)43-36-37(35-40)44-39(42)34-32-30-28-26-23-14-12-10-8-6-4-2/h10-13,16-17,37,40H,3-9,14-15,18-36H2,1-2H3/t37-/m0/s1. The first-order chi connectivity index (χ1) is 21.6. The third-order valence-electron chi connectivity index (χ3n) is 7.91. The highest BCUT2D eigenvalue weighted by Gasteiger charge is 2.16. The lowest BCUT2D eigenvalue weighted by atomic mass is 10.1. The number of carbonyl (C=O) groups is 2. The van der Waals surface area contributed by atoms with Crippen molar-refractivity contribution in [1.82, 2.24) is 0 Å². The summed E-state index contributed by atoms with van der Waals surface area (Å²) in [5.41, 5.74) is 0. The summed E-state index contributed by atoms with van der Waals surface area (Å²) >= 11 is 0. The maximum atomic E-state index is 12.1. The van der Waals surface area contributed by atoms with Gasteiger partial charge in [0.1, 0.15) is 6.61 Å². The maximum absolute atomic E-state index is 12.1. The summed E-state index contributed by atoms with van der Waals surface area (Å²) in [7, 11) is 0. The Morgan fingerprint density at radius 3 is 1.43 bits per heavy atom. The van der Waals surface area contributed by atoms with Gasteiger partial charge in [-0.25, -0.2) is 0 Å². The van der Waals surface area contributed by atoms with Crippen LogP contribution in [0.1, 0.15) is 181 Å². The SMILES string of the molecule is CCCCC=CCCCCCCCC(=O)O[C@@H](CO)COC(=O)CCCCCCCCCCCC=CCC=CCCCCC. The van der Waals surface area contributed by atoms with Crippen LogP contribution < -0.4 is 0 Å². The summed E-state index contributed by atoms with van der Waals surface area (Å²) < 4.78 is 10.6. The molecule has 0 radical (unpaired) electrons. The largest absolute Gasteiger partial charge is 0.462 e. The molecule has 1 N–H and O–H groups in total. The van der Waals surface area contributed by atoms with E-state index in [1.165, 1.54) is 103 Å². The Hall–Kier alpha value is -1.88. The summed E-state index contributed by atoms with van der Waals surface area (Å²) in [6, 6.07) is 0. The molecule has 0 aliphatic heterocycles. The van der Waals surface area contributed by atoms with Crippen LogP contribution in [0.5, 0.6) is 0 Å². The predicted molar refractivity (Wildman–Crippen MR) is 187 cm³/mol. The van der Waals surface area contributed by atoms with Gasteiger partial charge in [-0.1, -0.05) is 140 Å². The minimum absolute atomic E-state index is 0.0706. The molecule has 0 saturated carbocycles. The van der Waals surface area contributed by atoms with E-state index in [-0.39, 0.29) is 25.2 Å². The summed E-state index contributed by atoms with van der Waals surface area (Å²) in [6.07, 6.45) is 42.0. The number of rotatable bonds is 33. The number of unbranched alkanes of at least 4 members (excludes halogenated alkanes) is 19. The normalized spacial score (nSPS) is 12.5. The van der Waals surface area contributed by atoms with Crippen LogP contribution in [0, 0.1) is 0 Å². The molecule has 0 aromatic carbocycles. The van der Waals surface area contributed by atoms with Crippen molar-refractivity contribution < 1.29 is 24.2 Å². The van der Waals surface area contributed by atoms with Crippen molar-refractivity contribution in [3.05, 3.63) is 36.5 Å². The Kier molecular flexibility index (Phi) is 34.1. The van der Waals surface area contributed by atoms with Crippen LogP contribution >= 0.6 is 0 Å². The van der Waals surface area contributed by atoms with Crippen molar-refractivity contribution in [2.24, 2.45) is 0 Å². The van der Waals surface area contributed by atoms with Gasteiger partial charge in [-0.15, -0.1) is 0 Å². The number of carbonyl (C=O) groups excluding carboxylic acids is 2. The topological polar surface area (TPSA) is 72.8 Å². The van der Waals surface area contributed by atoms with Crippen molar-refractivity contribution in [2.75, 3.05) is 13.2 Å². The molecule has 0 rings (SSSR count). The van der Waals surface area contributed by atoms with Crippen molar-refractivity contribution in [3.8, 4) is 0 Å². The van der Waals surface area contributed by atoms with Gasteiger partial charge in [-0.2, -0.15) is 0 Å². The van der Waals surface area contributed by atoms with Gasteiger partial charge in [0.2, 0.25) is 0 Å². The molecule has 5 nitrogen and oxygen atoms in total. The van der Waals surface area contributed by atoms with E-state index >= 15 is 0 Å². The number of aliphatic hydroxyl groups excluding tert-OH is 1. The number of hydrogen-bond donors (Lipinski definition) is 1. The highest BCUT2D eigenvalue weighted by Crippen LogP contribution is 2.13. The molecule has 5 heteroatoms. The van der Waals surface area contributed by atoms with Crippen LogP contribution in [0.2, 0.25) is 0 Å². The molecule has 256 valence electrons. The Labute approximate surface area is 272 Å². The van der Waals surface area contributed by atoms with Crippen molar-refractivity contribution in [3.63, 3.8) is 0 Å². The van der Waals surface area contributed by atoms with Gasteiger partial charge in [0, 0.05) is 12.8 Å². The molecule has 0 bridgehead atoms. The monoisotopic (exact) mass is 619 g/mol. The third kappa shape index (κ3) is 33.0. The summed E-state index contributed by atoms with van der Waals surface area (Å²) in [5, 5.41) is 9.51. The molecule has 0 aliphatic carbocycles. The molecule has 0 unspecified atom stereocenters. The van der Waals surface area contributed by atoms with Crippen molar-refractivity contribution in [1.29, 1.82) is 0 Å². The average molecular weight is 619 g/mol. The fourth-order valence-electron chi connectivity index (χ4n) is 5.03. The zero-order valence-corrected chi connectivity index (χ0v) is 28.9. The van der Waals surface area contributed by atoms with Crippen LogP contribution in [0.3, 0.4) is 0 Å². The van der Waals surface area contributed by atoms with E-state index in [9.17, 15) is 14.7 Å². The van der Waals surface area contributed by atoms with Crippen molar-refractivity contribution >= 4 is 11.9 Å². The lowest BCUT2D eigenvalue weighted by Gasteiger charge is -2.15. The molecule has 0 aliphatic rings. The summed E-state index contributed by atoms with van der Waals surface area (Å²) in [5.74, 6) is -0.607. The van der Waals surface area contributed by atoms with Gasteiger partial charge < -0.3 is 14.6 Å². The van der Waals surface area contributed by atoms with Gasteiger partial charge in [-0.3, -0.25) is 9.59 Å². The number of ether oxygens (including phenoxy) is 2. The molecule has 1 atom stereocenters. The van der Waals surface area contributed by atoms with E-state index in [1.54, 1.807) is 0 Å². The van der Waals surface area contributed by atoms with Crippen LogP contribution in [0.25, 0.3) is 0 Å². The van der Waals surface area contributed by atoms with Crippen LogP contribution in [0.15, 0.2) is 36.5 Å². The molecule has 0 spiro atoms. The Balaban J connectivity index is 3.56. The van der Waals surface area contributed by atoms with Gasteiger partial charge in [0.15, 0.2) is 6.10 Å². The summed E-state index contributed by atoms with van der Waals surface area (Å²) in [6.45, 7) is 4.05. The van der Waals surface area contributed by atoms with E-state index < -0.39 is 6.10 Å². The predicted octanol–water partition coefficient (Wildman–Crippen LogP) is 11.3. The minimum Gasteiger partial charge on any atom is -0.462 e. The van der Waals surface area contributed by atoms with Crippen LogP contribution in [-0.2, 0) is 19.1 Å². The maximum Gasteiger partial charge on any atom is 0.306 e. The first kappa shape index (κ1) is 42.1. The lowest BCUT2D eigenvalue weighted by molar-refractivity contribution is -0.161. The first-order valence-corrected chi connectivity index (χ1v) is 18.5. The Bertz CT molecular complexity index is 711. The van der Waals surface area contributed by atoms with Gasteiger partial charge in [0.25, 0.3) is 0 Å². The number of esters is 2. The second kappa shape index (κ2) is 35.6. The van der Waals surface area contributed by atoms with Gasteiger partial charge in [-0.05, 0) is 64.2 Å². The summed E-state index contributed by atoms with van der Waals surface area (Å²) in [4.78, 5) is 24.1. The molecule has 0 saturated heterocycles. The molecule has 0 amide bonds. The molecule has 0 aromatic rings. The zero-order valence-electron chi connectivity index (χ0n) is 28.9. The van der Waals surface area contributed by atoms with Gasteiger partial charge in [0.05, 0.1) is 6.61 Å². The average Bonchev–Trinajstić information content (AvgIpc) is 3.02. The van der Waals surface area contributed by atoms with Crippen LogP contribution in [-0.4, -0.2) is 36.4 Å². The Morgan fingerprint density at radius 2 is 0.932 bits per heavy atom. The van der Waals surface area contributed by atoms with Gasteiger partial charge >= 0.3 is 11.9 Å². The smallest absolute Gasteiger partial charge is 0.306 e. The molecule has 0 fully saturated rings. The van der Waals surface area contributed by atoms with E-state index in [4.69, 9.17) is 9.47 Å². The quantitative estimate of drug-likeness (QED) is 0.0450. The van der Waals surface area contributed by atoms with Crippen molar-refractivity contribution in [2.45, 2.75) is 187 Å². The lowest BCUT2D eigenvalue weighted by Crippen LogP contribution is -2.28. The van der Waals surface area contributed by atoms with E-state index in [0.717, 1.165) is 51.4 Å². The third-order valence-corrected chi connectivity index (χ3v) is 7.91. The fourth-order valence-corrected chi connectivity index (χ4v) is 5.03. The second-order valence-electron chi connectivity index (χ2n) is 12.3. The molecule has 0 aromatic heterocycles. The van der Waals surface area contributed by atoms with E-state index in [2.05, 4.69) is 50.3 Å². The number of aliphatic hydroxyl groups is 1. The molecule has 44 heavy (non-hydrogen) atoms. The molecular formula is C39H70O5. The van der Waals surface area contributed by atoms with Crippen LogP contribution in [0.4, 0.5) is 0 Å². The minimum atomic E-state index is -0.774. The second-order valence-corrected chi connectivity index (χ2v) is 12.3. The zero-order chi connectivity index (χ0) is 32.2. The first-order valence-electron chi connectivity index (χ1n) is 18.5. The number of allylic oxidation sites excluding steroid dienone is 6. The molecular weight excluding hydrogens is 548 g/mol. The highest BCUT2D eigenvalue weighted by molar-refractivity contribution is 5.70.